The van der Waals surface area contributed by atoms with Crippen molar-refractivity contribution in [2.75, 3.05) is 6.54 Å². The molecule has 0 aliphatic carbocycles. The molecule has 9 heavy (non-hydrogen) atoms. The second-order valence-corrected chi connectivity index (χ2v) is 2.20. The summed E-state index contributed by atoms with van der Waals surface area (Å²) in [6.07, 6.45) is 5.00. The Balaban J connectivity index is 0. The van der Waals surface area contributed by atoms with Gasteiger partial charge in [-0.25, -0.2) is 0 Å². The zero-order valence-electron chi connectivity index (χ0n) is 7.11. The van der Waals surface area contributed by atoms with Crippen LogP contribution in [0.1, 0.15) is 26.2 Å². The van der Waals surface area contributed by atoms with Gasteiger partial charge in [0.15, 0.2) is 0 Å². The molecule has 0 rings (SSSR count). The maximum atomic E-state index is 5.21. The van der Waals surface area contributed by atoms with Gasteiger partial charge in [0.1, 0.15) is 0 Å². The van der Waals surface area contributed by atoms with Crippen LogP contribution < -0.4 is 5.73 Å². The molecule has 0 saturated heterocycles. The van der Waals surface area contributed by atoms with E-state index in [2.05, 4.69) is 22.6 Å². The van der Waals surface area contributed by atoms with Crippen LogP contribution in [0.15, 0.2) is 0 Å². The molecule has 0 bridgehead atoms. The Bertz CT molecular complexity index is 30.2. The van der Waals surface area contributed by atoms with Crippen LogP contribution in [0.25, 0.3) is 0 Å². The molecule has 1 nitrogen and oxygen atoms in total. The first-order valence-electron chi connectivity index (χ1n) is 4.03. The van der Waals surface area contributed by atoms with Crippen molar-refractivity contribution in [2.24, 2.45) is 5.73 Å². The first kappa shape index (κ1) is 11.8. The fraction of sp³-hybridized carbons (Fsp3) is 1.00. The quantitative estimate of drug-likeness (QED) is 0.411. The van der Waals surface area contributed by atoms with Gasteiger partial charge in [-0.05, 0) is 13.0 Å². The molecule has 0 aliphatic rings. The van der Waals surface area contributed by atoms with E-state index in [0.29, 0.717) is 0 Å². The van der Waals surface area contributed by atoms with E-state index in [1.807, 2.05) is 0 Å². The third-order valence-electron chi connectivity index (χ3n) is 0.808. The molecule has 0 heterocycles. The molecule has 0 saturated carbocycles. The topological polar surface area (TPSA) is 26.0 Å². The van der Waals surface area contributed by atoms with Crippen molar-refractivity contribution in [3.05, 3.63) is 0 Å². The molecule has 0 fully saturated rings. The highest BCUT2D eigenvalue weighted by Gasteiger charge is 1.75. The Morgan fingerprint density at radius 2 is 1.67 bits per heavy atom. The molecule has 0 aromatic rings. The van der Waals surface area contributed by atoms with Gasteiger partial charge in [0.05, 0.1) is 15.7 Å². The number of nitrogens with two attached hydrogens (primary N) is 1. The SMILES string of the molecule is BCB.CCCCCN. The summed E-state index contributed by atoms with van der Waals surface area (Å²) in [5, 5.41) is 0. The monoisotopic (exact) mass is 127 g/mol. The van der Waals surface area contributed by atoms with Crippen LogP contribution in [0.2, 0.25) is 6.22 Å². The number of unbranched alkanes of at least 4 members (excludes halogenated alkanes) is 2. The van der Waals surface area contributed by atoms with Gasteiger partial charge in [0, 0.05) is 0 Å². The predicted molar refractivity (Wildman–Crippen MR) is 50.5 cm³/mol. The van der Waals surface area contributed by atoms with Gasteiger partial charge in [-0.3, -0.25) is 0 Å². The van der Waals surface area contributed by atoms with Crippen molar-refractivity contribution < 1.29 is 0 Å². The van der Waals surface area contributed by atoms with Crippen molar-refractivity contribution >= 4 is 15.7 Å². The van der Waals surface area contributed by atoms with Crippen LogP contribution in [-0.2, 0) is 0 Å². The normalized spacial score (nSPS) is 7.78. The van der Waals surface area contributed by atoms with Crippen LogP contribution >= 0.6 is 0 Å². The molecule has 0 atom stereocenters. The Kier molecular flexibility index (Phi) is 20.6. The largest absolute Gasteiger partial charge is 0.330 e. The van der Waals surface area contributed by atoms with E-state index in [1.54, 1.807) is 0 Å². The molecule has 0 amide bonds. The standard InChI is InChI=1S/C5H13N.CH6B2/c1-2-3-4-5-6;2-1-3/h2-6H2,1H3;1-3H2. The molecular formula is C6H19B2N. The summed E-state index contributed by atoms with van der Waals surface area (Å²) in [5.41, 5.74) is 5.21. The van der Waals surface area contributed by atoms with Gasteiger partial charge in [0.25, 0.3) is 0 Å². The van der Waals surface area contributed by atoms with Gasteiger partial charge in [-0.15, -0.1) is 6.22 Å². The summed E-state index contributed by atoms with van der Waals surface area (Å²) in [7, 11) is 4.25. The fourth-order valence-electron chi connectivity index (χ4n) is 0.394. The lowest BCUT2D eigenvalue weighted by Gasteiger charge is -1.86. The summed E-state index contributed by atoms with van der Waals surface area (Å²) >= 11 is 0. The second kappa shape index (κ2) is 15.7. The van der Waals surface area contributed by atoms with Crippen LogP contribution in [0.3, 0.4) is 0 Å². The summed E-state index contributed by atoms with van der Waals surface area (Å²) in [6, 6.07) is 0. The summed E-state index contributed by atoms with van der Waals surface area (Å²) in [5.74, 6) is 0. The van der Waals surface area contributed by atoms with Crippen LogP contribution in [0.5, 0.6) is 0 Å². The minimum Gasteiger partial charge on any atom is -0.330 e. The van der Waals surface area contributed by atoms with Gasteiger partial charge < -0.3 is 5.73 Å². The maximum Gasteiger partial charge on any atom is 0.0924 e. The van der Waals surface area contributed by atoms with Crippen LogP contribution in [0, 0.1) is 0 Å². The Hall–Kier alpha value is 0.0899. The summed E-state index contributed by atoms with van der Waals surface area (Å²) < 4.78 is 0. The van der Waals surface area contributed by atoms with E-state index in [0.717, 1.165) is 6.54 Å². The van der Waals surface area contributed by atoms with Gasteiger partial charge in [0.2, 0.25) is 0 Å². The predicted octanol–water partition coefficient (Wildman–Crippen LogP) is -0.236. The Morgan fingerprint density at radius 3 is 1.78 bits per heavy atom. The van der Waals surface area contributed by atoms with Crippen molar-refractivity contribution in [3.63, 3.8) is 0 Å². The highest BCUT2D eigenvalue weighted by molar-refractivity contribution is 6.31. The first-order valence-corrected chi connectivity index (χ1v) is 4.03. The van der Waals surface area contributed by atoms with Crippen LogP contribution in [-0.4, -0.2) is 22.2 Å². The Morgan fingerprint density at radius 1 is 1.22 bits per heavy atom. The average Bonchev–Trinajstić information content (AvgIpc) is 1.86. The maximum absolute atomic E-state index is 5.21. The lowest BCUT2D eigenvalue weighted by Crippen LogP contribution is -1.96. The zero-order chi connectivity index (χ0) is 7.54. The van der Waals surface area contributed by atoms with Gasteiger partial charge in [-0.1, -0.05) is 19.8 Å². The highest BCUT2D eigenvalue weighted by atomic mass is 14.5. The van der Waals surface area contributed by atoms with E-state index in [1.165, 1.54) is 25.5 Å². The molecule has 0 aromatic heterocycles. The number of rotatable bonds is 3. The smallest absolute Gasteiger partial charge is 0.0924 e. The number of hydrogen-bond donors (Lipinski definition) is 1. The first-order chi connectivity index (χ1) is 4.33. The van der Waals surface area contributed by atoms with Crippen LogP contribution in [0.4, 0.5) is 0 Å². The van der Waals surface area contributed by atoms with Gasteiger partial charge in [-0.2, -0.15) is 0 Å². The second-order valence-electron chi connectivity index (χ2n) is 2.20. The molecule has 0 aliphatic heterocycles. The molecular weight excluding hydrogens is 108 g/mol. The van der Waals surface area contributed by atoms with E-state index in [4.69, 9.17) is 5.73 Å². The van der Waals surface area contributed by atoms with Crippen molar-refractivity contribution in [2.45, 2.75) is 32.4 Å². The minimum atomic E-state index is 0.855. The third kappa shape index (κ3) is 31.4. The van der Waals surface area contributed by atoms with Crippen molar-refractivity contribution in [1.29, 1.82) is 0 Å². The van der Waals surface area contributed by atoms with E-state index >= 15 is 0 Å². The van der Waals surface area contributed by atoms with E-state index in [-0.39, 0.29) is 0 Å². The van der Waals surface area contributed by atoms with Crippen molar-refractivity contribution in [1.82, 2.24) is 0 Å². The molecule has 54 valence electrons. The zero-order valence-corrected chi connectivity index (χ0v) is 7.11. The molecule has 0 spiro atoms. The molecule has 0 unspecified atom stereocenters. The molecule has 2 N–H and O–H groups in total. The van der Waals surface area contributed by atoms with E-state index < -0.39 is 0 Å². The fourth-order valence-corrected chi connectivity index (χ4v) is 0.394. The molecule has 3 heteroatoms. The molecule has 0 aromatic carbocycles. The third-order valence-corrected chi connectivity index (χ3v) is 0.808. The van der Waals surface area contributed by atoms with E-state index in [9.17, 15) is 0 Å². The Labute approximate surface area is 61.2 Å². The average molecular weight is 127 g/mol. The van der Waals surface area contributed by atoms with Crippen molar-refractivity contribution in [3.8, 4) is 0 Å². The summed E-state index contributed by atoms with van der Waals surface area (Å²) in [4.78, 5) is 0. The lowest BCUT2D eigenvalue weighted by molar-refractivity contribution is 0.727. The number of hydrogen-bond acceptors (Lipinski definition) is 1. The van der Waals surface area contributed by atoms with Gasteiger partial charge >= 0.3 is 0 Å². The molecule has 0 radical (unpaired) electrons. The lowest BCUT2D eigenvalue weighted by atomic mass is 9.88. The minimum absolute atomic E-state index is 0.855. The highest BCUT2D eigenvalue weighted by Crippen LogP contribution is 1.88. The summed E-state index contributed by atoms with van der Waals surface area (Å²) in [6.45, 7) is 3.03.